The van der Waals surface area contributed by atoms with Gasteiger partial charge in [0.05, 0.1) is 6.61 Å². The Kier molecular flexibility index (Phi) is 6.73. The third-order valence-corrected chi connectivity index (χ3v) is 4.78. The van der Waals surface area contributed by atoms with Gasteiger partial charge in [-0.15, -0.1) is 0 Å². The first kappa shape index (κ1) is 17.0. The van der Waals surface area contributed by atoms with E-state index in [2.05, 4.69) is 59.5 Å². The normalized spacial score (nSPS) is 15.8. The van der Waals surface area contributed by atoms with Gasteiger partial charge in [-0.25, -0.2) is 0 Å². The lowest BCUT2D eigenvalue weighted by molar-refractivity contribution is 0.239. The van der Waals surface area contributed by atoms with Crippen molar-refractivity contribution in [2.75, 3.05) is 26.2 Å². The highest BCUT2D eigenvalue weighted by atomic mass is 16.5. The molecular formula is C22H29NO. The smallest absolute Gasteiger partial charge is 0.122 e. The summed E-state index contributed by atoms with van der Waals surface area (Å²) in [4.78, 5) is 2.60. The van der Waals surface area contributed by atoms with Gasteiger partial charge in [0.2, 0.25) is 0 Å². The molecule has 1 saturated heterocycles. The summed E-state index contributed by atoms with van der Waals surface area (Å²) in [6, 6.07) is 19.1. The van der Waals surface area contributed by atoms with Gasteiger partial charge in [-0.2, -0.15) is 0 Å². The summed E-state index contributed by atoms with van der Waals surface area (Å²) in [5.74, 6) is 1.04. The van der Waals surface area contributed by atoms with Crippen LogP contribution in [0.1, 0.15) is 43.2 Å². The van der Waals surface area contributed by atoms with Crippen molar-refractivity contribution < 1.29 is 4.74 Å². The van der Waals surface area contributed by atoms with Crippen LogP contribution in [-0.4, -0.2) is 31.1 Å². The van der Waals surface area contributed by atoms with Crippen molar-refractivity contribution in [1.82, 2.24) is 4.90 Å². The number of benzene rings is 2. The molecule has 0 amide bonds. The van der Waals surface area contributed by atoms with Gasteiger partial charge in [0.25, 0.3) is 0 Å². The van der Waals surface area contributed by atoms with Crippen LogP contribution in [0.4, 0.5) is 0 Å². The van der Waals surface area contributed by atoms with Crippen LogP contribution in [0.25, 0.3) is 0 Å². The average Bonchev–Trinajstić information content (AvgIpc) is 2.90. The summed E-state index contributed by atoms with van der Waals surface area (Å²) >= 11 is 0. The van der Waals surface area contributed by atoms with Crippen molar-refractivity contribution in [3.8, 4) is 5.75 Å². The Morgan fingerprint density at radius 1 is 0.792 bits per heavy atom. The average molecular weight is 323 g/mol. The van der Waals surface area contributed by atoms with E-state index in [1.165, 1.54) is 56.4 Å². The van der Waals surface area contributed by atoms with E-state index < -0.39 is 0 Å². The molecule has 3 rings (SSSR count). The quantitative estimate of drug-likeness (QED) is 0.670. The maximum atomic E-state index is 6.10. The van der Waals surface area contributed by atoms with Gasteiger partial charge in [0, 0.05) is 13.0 Å². The van der Waals surface area contributed by atoms with Gasteiger partial charge >= 0.3 is 0 Å². The number of ether oxygens (including phenoxy) is 1. The maximum absolute atomic E-state index is 6.10. The van der Waals surface area contributed by atoms with Crippen molar-refractivity contribution in [3.05, 3.63) is 65.7 Å². The van der Waals surface area contributed by atoms with Crippen LogP contribution < -0.4 is 4.74 Å². The summed E-state index contributed by atoms with van der Waals surface area (Å²) in [5.41, 5.74) is 2.61. The van der Waals surface area contributed by atoms with Crippen LogP contribution in [0, 0.1) is 0 Å². The van der Waals surface area contributed by atoms with Gasteiger partial charge in [-0.3, -0.25) is 0 Å². The molecule has 0 radical (unpaired) electrons. The molecule has 1 heterocycles. The van der Waals surface area contributed by atoms with Crippen molar-refractivity contribution in [3.63, 3.8) is 0 Å². The summed E-state index contributed by atoms with van der Waals surface area (Å²) in [6.45, 7) is 4.51. The van der Waals surface area contributed by atoms with E-state index in [0.29, 0.717) is 0 Å². The highest BCUT2D eigenvalue weighted by molar-refractivity contribution is 5.37. The lowest BCUT2D eigenvalue weighted by atomic mass is 10.0. The molecule has 0 aromatic heterocycles. The molecule has 0 atom stereocenters. The van der Waals surface area contributed by atoms with Gasteiger partial charge in [-0.05, 0) is 49.5 Å². The SMILES string of the molecule is c1ccc(Cc2ccccc2OCCCN2CCCCCC2)cc1. The molecule has 24 heavy (non-hydrogen) atoms. The van der Waals surface area contributed by atoms with Gasteiger partial charge in [0.15, 0.2) is 0 Å². The Balaban J connectivity index is 1.48. The fraction of sp³-hybridized carbons (Fsp3) is 0.455. The number of hydrogen-bond donors (Lipinski definition) is 0. The second kappa shape index (κ2) is 9.48. The third-order valence-electron chi connectivity index (χ3n) is 4.78. The minimum Gasteiger partial charge on any atom is -0.493 e. The summed E-state index contributed by atoms with van der Waals surface area (Å²) in [6.07, 6.45) is 7.57. The molecular weight excluding hydrogens is 294 g/mol. The second-order valence-electron chi connectivity index (χ2n) is 6.73. The Morgan fingerprint density at radius 3 is 2.29 bits per heavy atom. The van der Waals surface area contributed by atoms with Crippen LogP contribution in [-0.2, 0) is 6.42 Å². The van der Waals surface area contributed by atoms with Crippen LogP contribution in [0.2, 0.25) is 0 Å². The molecule has 1 aliphatic heterocycles. The zero-order valence-corrected chi connectivity index (χ0v) is 14.6. The van der Waals surface area contributed by atoms with Gasteiger partial charge in [-0.1, -0.05) is 61.4 Å². The largest absolute Gasteiger partial charge is 0.493 e. The topological polar surface area (TPSA) is 12.5 Å². The summed E-state index contributed by atoms with van der Waals surface area (Å²) < 4.78 is 6.10. The maximum Gasteiger partial charge on any atom is 0.122 e. The fourth-order valence-corrected chi connectivity index (χ4v) is 3.44. The van der Waals surface area contributed by atoms with E-state index in [-0.39, 0.29) is 0 Å². The first-order valence-corrected chi connectivity index (χ1v) is 9.39. The van der Waals surface area contributed by atoms with E-state index >= 15 is 0 Å². The number of likely N-dealkylation sites (tertiary alicyclic amines) is 1. The molecule has 0 spiro atoms. The molecule has 2 aromatic rings. The molecule has 0 saturated carbocycles. The predicted molar refractivity (Wildman–Crippen MR) is 101 cm³/mol. The molecule has 0 unspecified atom stereocenters. The molecule has 0 bridgehead atoms. The van der Waals surface area contributed by atoms with Crippen molar-refractivity contribution in [2.24, 2.45) is 0 Å². The van der Waals surface area contributed by atoms with Crippen LogP contribution >= 0.6 is 0 Å². The van der Waals surface area contributed by atoms with Crippen LogP contribution in [0.5, 0.6) is 5.75 Å². The van der Waals surface area contributed by atoms with E-state index in [1.807, 2.05) is 0 Å². The molecule has 1 fully saturated rings. The highest BCUT2D eigenvalue weighted by Gasteiger charge is 2.09. The lowest BCUT2D eigenvalue weighted by Gasteiger charge is -2.19. The Bertz CT molecular complexity index is 588. The minimum absolute atomic E-state index is 0.808. The zero-order chi connectivity index (χ0) is 16.5. The molecule has 0 N–H and O–H groups in total. The summed E-state index contributed by atoms with van der Waals surface area (Å²) in [5, 5.41) is 0. The van der Waals surface area contributed by atoms with Crippen molar-refractivity contribution >= 4 is 0 Å². The fourth-order valence-electron chi connectivity index (χ4n) is 3.44. The number of hydrogen-bond acceptors (Lipinski definition) is 2. The van der Waals surface area contributed by atoms with E-state index in [4.69, 9.17) is 4.74 Å². The standard InChI is InChI=1S/C22H29NO/c1-2-9-16-23(15-8-1)17-10-18-24-22-14-7-6-13-21(22)19-20-11-4-3-5-12-20/h3-7,11-14H,1-2,8-10,15-19H2. The monoisotopic (exact) mass is 323 g/mol. The van der Waals surface area contributed by atoms with Crippen molar-refractivity contribution in [2.45, 2.75) is 38.5 Å². The molecule has 2 nitrogen and oxygen atoms in total. The first-order chi connectivity index (χ1) is 11.9. The number of para-hydroxylation sites is 1. The summed E-state index contributed by atoms with van der Waals surface area (Å²) in [7, 11) is 0. The molecule has 2 heteroatoms. The Hall–Kier alpha value is -1.80. The molecule has 128 valence electrons. The van der Waals surface area contributed by atoms with Crippen LogP contribution in [0.15, 0.2) is 54.6 Å². The van der Waals surface area contributed by atoms with E-state index in [9.17, 15) is 0 Å². The van der Waals surface area contributed by atoms with Gasteiger partial charge < -0.3 is 9.64 Å². The lowest BCUT2D eigenvalue weighted by Crippen LogP contribution is -2.26. The highest BCUT2D eigenvalue weighted by Crippen LogP contribution is 2.21. The zero-order valence-electron chi connectivity index (χ0n) is 14.6. The Morgan fingerprint density at radius 2 is 1.50 bits per heavy atom. The van der Waals surface area contributed by atoms with Gasteiger partial charge in [0.1, 0.15) is 5.75 Å². The number of nitrogens with zero attached hydrogens (tertiary/aromatic N) is 1. The van der Waals surface area contributed by atoms with Crippen LogP contribution in [0.3, 0.4) is 0 Å². The first-order valence-electron chi connectivity index (χ1n) is 9.39. The predicted octanol–water partition coefficient (Wildman–Crippen LogP) is 4.92. The van der Waals surface area contributed by atoms with E-state index in [0.717, 1.165) is 25.2 Å². The third kappa shape index (κ3) is 5.38. The van der Waals surface area contributed by atoms with Crippen molar-refractivity contribution in [1.29, 1.82) is 0 Å². The Labute approximate surface area is 146 Å². The number of rotatable bonds is 7. The molecule has 2 aromatic carbocycles. The molecule has 1 aliphatic rings. The minimum atomic E-state index is 0.808. The molecule has 0 aliphatic carbocycles. The van der Waals surface area contributed by atoms with E-state index in [1.54, 1.807) is 0 Å². The second-order valence-corrected chi connectivity index (χ2v) is 6.73.